The van der Waals surface area contributed by atoms with Gasteiger partial charge in [0.1, 0.15) is 36.3 Å². The number of fused-ring (bicyclic) bond motifs is 4. The van der Waals surface area contributed by atoms with Crippen molar-refractivity contribution in [3.05, 3.63) is 169 Å². The third-order valence-corrected chi connectivity index (χ3v) is 23.5. The maximum absolute atomic E-state index is 12.5. The Morgan fingerprint density at radius 3 is 2.57 bits per heavy atom. The molecule has 1 aromatic heterocycles. The molecule has 2 saturated heterocycles. The maximum Gasteiger partial charge on any atom is 0.164 e. The number of dihydropyridines is 1. The summed E-state index contributed by atoms with van der Waals surface area (Å²) in [5.74, 6) is 11.4. The molecule has 458 valence electrons. The quantitative estimate of drug-likeness (QED) is 0.0725. The number of nitrogens with one attached hydrogen (secondary N) is 2. The molecule has 5 aliphatic carbocycles. The van der Waals surface area contributed by atoms with Crippen LogP contribution in [0.1, 0.15) is 158 Å². The number of piperidine rings is 1. The highest BCUT2D eigenvalue weighted by Gasteiger charge is 2.69. The zero-order valence-electron chi connectivity index (χ0n) is 50.9. The molecule has 88 heavy (non-hydrogen) atoms. The lowest BCUT2D eigenvalue weighted by Gasteiger charge is -2.69. The number of nitrogens with zero attached hydrogens (tertiary/aromatic N) is 1. The molecule has 11 aliphatic rings. The van der Waals surface area contributed by atoms with E-state index in [0.717, 1.165) is 138 Å². The fraction of sp³-hybridized carbons (Fsp3) is 0.500. The van der Waals surface area contributed by atoms with Crippen molar-refractivity contribution in [2.45, 2.75) is 184 Å². The Morgan fingerprint density at radius 2 is 1.67 bits per heavy atom. The standard InChI is InChI=1S/C76H85N3O9/c1-85-69-27-25-62-60-23-16-44(14-15-45-17-26-66(82)51(29-45)30-46-8-4-12-58(81)31-46)7-5-13-59-37-67(83)48-20-24-61-63(35-48)53(40-80)36-68(84)71(61)87-41-54-34-57(33-52-38-79(39-64(52)54)74(65(60)43-86-59)78-73(62)77-69)76-56-22-18-47-9-6-10-49(70(47)76)32-50-19-21-55-11-2-3-28-75(55,72(50)76)88-42-56/h4,6,8-10,12,17,26,29,31,33-34,36,38-39,44,48,50,55-56,59,67,69,72-73,77-78,80-84H,2-3,5,7,11,13-15,18-22,24-25,27-28,30,32,35,37,40-43H2,1H3/t44-,48-,50+,55+,56+,59+,67+,69-,72-,73?,75-,76+/m1/s1. The minimum Gasteiger partial charge on any atom is -0.508 e. The summed E-state index contributed by atoms with van der Waals surface area (Å²) in [6, 6.07) is 27.2. The second-order valence-electron chi connectivity index (χ2n) is 28.1. The van der Waals surface area contributed by atoms with Crippen LogP contribution in [0.5, 0.6) is 23.0 Å². The van der Waals surface area contributed by atoms with Crippen molar-refractivity contribution in [1.29, 1.82) is 0 Å². The van der Waals surface area contributed by atoms with E-state index in [4.69, 9.17) is 18.9 Å². The second kappa shape index (κ2) is 22.7. The molecule has 5 aromatic carbocycles. The number of aryl methyl sites for hydroxylation is 2. The Balaban J connectivity index is 0.869. The van der Waals surface area contributed by atoms with Gasteiger partial charge in [0.05, 0.1) is 37.6 Å². The zero-order valence-corrected chi connectivity index (χ0v) is 50.9. The number of phenolic OH excluding ortho intramolecular Hbond substituents is 3. The summed E-state index contributed by atoms with van der Waals surface area (Å²) in [6.45, 7) is 1.07. The Bertz CT molecular complexity index is 3870. The average molecular weight is 1180 g/mol. The van der Waals surface area contributed by atoms with Crippen LogP contribution in [0.3, 0.4) is 0 Å². The Labute approximate surface area is 517 Å². The van der Waals surface area contributed by atoms with Gasteiger partial charge in [-0.05, 0) is 231 Å². The lowest BCUT2D eigenvalue weighted by molar-refractivity contribution is -0.247. The fourth-order valence-electron chi connectivity index (χ4n) is 19.5. The molecular formula is C76H85N3O9. The lowest BCUT2D eigenvalue weighted by atomic mass is 9.39. The van der Waals surface area contributed by atoms with Crippen molar-refractivity contribution in [2.24, 2.45) is 35.5 Å². The SMILES string of the molecule is CO[C@@H]1CCC2=C3C#C[C@@H](CCc4ccc(O)c(Cc5cccc(O)c5)c4)CCC[C@H]4C[C@H](O)[C@@H]5CCc6c(c(CO)cc(O)c6OCc6cc([C@]78c9c%10cccc9C[C@@H]9CC[C@@H]%11CCCC[C@]%11(OC[C@@H]7CC%10)[C@@H]98)cc7cn(cc67)C(=C3CO4)NC2N1)C5. The molecule has 0 radical (unpaired) electrons. The van der Waals surface area contributed by atoms with E-state index >= 15 is 0 Å². The van der Waals surface area contributed by atoms with Gasteiger partial charge in [0.25, 0.3) is 0 Å². The van der Waals surface area contributed by atoms with E-state index in [2.05, 4.69) is 75.8 Å². The molecule has 12 heteroatoms. The minimum atomic E-state index is -0.670. The molecule has 1 spiro atoms. The lowest BCUT2D eigenvalue weighted by Crippen LogP contribution is -2.70. The number of phenols is 3. The fourth-order valence-corrected chi connectivity index (χ4v) is 19.5. The molecule has 12 atom stereocenters. The molecule has 7 N–H and O–H groups in total. The van der Waals surface area contributed by atoms with Crippen LogP contribution in [0, 0.1) is 47.3 Å². The summed E-state index contributed by atoms with van der Waals surface area (Å²) in [5, 5.41) is 66.9. The number of hydrogen-bond donors (Lipinski definition) is 7. The summed E-state index contributed by atoms with van der Waals surface area (Å²) in [4.78, 5) is 0. The van der Waals surface area contributed by atoms with Crippen molar-refractivity contribution in [2.75, 3.05) is 20.3 Å². The van der Waals surface area contributed by atoms with Crippen molar-refractivity contribution < 1.29 is 44.5 Å². The van der Waals surface area contributed by atoms with Gasteiger partial charge in [0, 0.05) is 70.7 Å². The first-order valence-corrected chi connectivity index (χ1v) is 33.5. The molecule has 2 saturated carbocycles. The first-order valence-electron chi connectivity index (χ1n) is 33.5. The third kappa shape index (κ3) is 9.53. The van der Waals surface area contributed by atoms with E-state index in [1.54, 1.807) is 36.9 Å². The number of aliphatic hydroxyl groups excluding tert-OH is 2. The number of ether oxygens (including phenoxy) is 4. The van der Waals surface area contributed by atoms with Gasteiger partial charge in [0.2, 0.25) is 0 Å². The monoisotopic (exact) mass is 1180 g/mol. The van der Waals surface area contributed by atoms with Crippen molar-refractivity contribution in [3.63, 3.8) is 0 Å². The first kappa shape index (κ1) is 56.7. The van der Waals surface area contributed by atoms with E-state index in [1.165, 1.54) is 54.4 Å². The smallest absolute Gasteiger partial charge is 0.164 e. The number of aliphatic hydroxyl groups is 2. The number of methoxy groups -OCH3 is 1. The summed E-state index contributed by atoms with van der Waals surface area (Å²) in [7, 11) is 1.78. The van der Waals surface area contributed by atoms with Gasteiger partial charge in [-0.25, -0.2) is 0 Å². The molecule has 7 heterocycles. The third-order valence-electron chi connectivity index (χ3n) is 23.5. The predicted octanol–water partition coefficient (Wildman–Crippen LogP) is 12.3. The van der Waals surface area contributed by atoms with Gasteiger partial charge in [-0.2, -0.15) is 0 Å². The summed E-state index contributed by atoms with van der Waals surface area (Å²) in [5.41, 5.74) is 15.3. The van der Waals surface area contributed by atoms with Gasteiger partial charge >= 0.3 is 0 Å². The van der Waals surface area contributed by atoms with E-state index in [9.17, 15) is 25.5 Å². The summed E-state index contributed by atoms with van der Waals surface area (Å²) < 4.78 is 30.4. The highest BCUT2D eigenvalue weighted by Crippen LogP contribution is 2.69. The molecular weight excluding hydrogens is 1100 g/mol. The first-order chi connectivity index (χ1) is 43.0. The maximum atomic E-state index is 12.5. The average Bonchev–Trinajstić information content (AvgIpc) is 0.745. The Hall–Kier alpha value is -6.56. The molecule has 6 aromatic rings. The molecule has 8 bridgehead atoms. The molecule has 12 nitrogen and oxygen atoms in total. The van der Waals surface area contributed by atoms with E-state index in [1.807, 2.05) is 18.2 Å². The van der Waals surface area contributed by atoms with Gasteiger partial charge in [-0.15, -0.1) is 0 Å². The molecule has 6 aliphatic heterocycles. The van der Waals surface area contributed by atoms with Crippen molar-refractivity contribution in [1.82, 2.24) is 15.2 Å². The van der Waals surface area contributed by atoms with Crippen LogP contribution < -0.4 is 15.4 Å². The largest absolute Gasteiger partial charge is 0.508 e. The van der Waals surface area contributed by atoms with Crippen molar-refractivity contribution >= 4 is 16.6 Å². The normalized spacial score (nSPS) is 31.3. The van der Waals surface area contributed by atoms with Gasteiger partial charge in [0.15, 0.2) is 11.5 Å². The summed E-state index contributed by atoms with van der Waals surface area (Å²) in [6.07, 6.45) is 22.3. The van der Waals surface area contributed by atoms with Crippen molar-refractivity contribution in [3.8, 4) is 34.8 Å². The predicted molar refractivity (Wildman–Crippen MR) is 339 cm³/mol. The molecule has 17 rings (SSSR count). The topological polar surface area (TPSA) is 167 Å². The van der Waals surface area contributed by atoms with Gasteiger partial charge in [-0.1, -0.05) is 73.2 Å². The van der Waals surface area contributed by atoms with Crippen LogP contribution in [-0.2, 0) is 71.4 Å². The summed E-state index contributed by atoms with van der Waals surface area (Å²) >= 11 is 0. The van der Waals surface area contributed by atoms with Crippen LogP contribution >= 0.6 is 0 Å². The Morgan fingerprint density at radius 1 is 0.761 bits per heavy atom. The van der Waals surface area contributed by atoms with Crippen LogP contribution in [0.2, 0.25) is 0 Å². The van der Waals surface area contributed by atoms with E-state index in [-0.39, 0.29) is 71.8 Å². The second-order valence-corrected chi connectivity index (χ2v) is 28.1. The van der Waals surface area contributed by atoms with Gasteiger partial charge < -0.3 is 54.4 Å². The van der Waals surface area contributed by atoms with Crippen LogP contribution in [0.15, 0.2) is 108 Å². The highest BCUT2D eigenvalue weighted by molar-refractivity contribution is 5.89. The molecule has 4 fully saturated rings. The number of benzene rings is 5. The number of rotatable bonds is 8. The van der Waals surface area contributed by atoms with Gasteiger partial charge in [-0.3, -0.25) is 5.32 Å². The minimum absolute atomic E-state index is 0.0432. The highest BCUT2D eigenvalue weighted by atomic mass is 16.5. The molecule has 1 unspecified atom stereocenters. The van der Waals surface area contributed by atoms with E-state index < -0.39 is 6.10 Å². The van der Waals surface area contributed by atoms with E-state index in [0.29, 0.717) is 73.7 Å². The number of aromatic nitrogens is 1. The van der Waals surface area contributed by atoms with Crippen LogP contribution in [0.25, 0.3) is 16.6 Å². The van der Waals surface area contributed by atoms with Crippen LogP contribution in [-0.4, -0.2) is 80.6 Å². The molecule has 0 amide bonds. The number of hydrogen-bond acceptors (Lipinski definition) is 11. The van der Waals surface area contributed by atoms with Crippen LogP contribution in [0.4, 0.5) is 0 Å². The zero-order chi connectivity index (χ0) is 59.4. The number of aromatic hydroxyl groups is 3. The Kier molecular flexibility index (Phi) is 14.6.